The van der Waals surface area contributed by atoms with Gasteiger partial charge < -0.3 is 15.6 Å². The molecular formula is C14H14ClNO2. The van der Waals surface area contributed by atoms with Crippen molar-refractivity contribution in [1.82, 2.24) is 0 Å². The summed E-state index contributed by atoms with van der Waals surface area (Å²) in [5.41, 5.74) is 6.91. The summed E-state index contributed by atoms with van der Waals surface area (Å²) in [6.07, 6.45) is 0. The zero-order valence-corrected chi connectivity index (χ0v) is 10.5. The molecule has 0 aromatic heterocycles. The molecule has 3 nitrogen and oxygen atoms in total. The summed E-state index contributed by atoms with van der Waals surface area (Å²) in [5, 5.41) is 9.86. The van der Waals surface area contributed by atoms with E-state index in [4.69, 9.17) is 22.1 Å². The molecule has 0 radical (unpaired) electrons. The fourth-order valence-corrected chi connectivity index (χ4v) is 1.66. The molecule has 0 bridgehead atoms. The molecule has 4 heteroatoms. The monoisotopic (exact) mass is 263 g/mol. The minimum absolute atomic E-state index is 0.226. The molecule has 0 aliphatic rings. The quantitative estimate of drug-likeness (QED) is 0.891. The van der Waals surface area contributed by atoms with Gasteiger partial charge in [-0.2, -0.15) is 0 Å². The van der Waals surface area contributed by atoms with E-state index in [1.165, 1.54) is 0 Å². The Morgan fingerprint density at radius 3 is 2.28 bits per heavy atom. The standard InChI is InChI=1S/C14H14ClNO2/c15-11-3-7-13(8-4-11)18-9-14(16)10-1-5-12(17)6-2-10/h1-8,14,17H,9,16H2. The summed E-state index contributed by atoms with van der Waals surface area (Å²) in [4.78, 5) is 0. The van der Waals surface area contributed by atoms with Crippen LogP contribution in [0.15, 0.2) is 48.5 Å². The number of aromatic hydroxyl groups is 1. The largest absolute Gasteiger partial charge is 0.508 e. The highest BCUT2D eigenvalue weighted by Gasteiger charge is 2.06. The molecule has 0 fully saturated rings. The number of benzene rings is 2. The van der Waals surface area contributed by atoms with E-state index in [0.29, 0.717) is 11.6 Å². The van der Waals surface area contributed by atoms with Crippen LogP contribution in [0.3, 0.4) is 0 Å². The summed E-state index contributed by atoms with van der Waals surface area (Å²) in [7, 11) is 0. The van der Waals surface area contributed by atoms with Gasteiger partial charge >= 0.3 is 0 Å². The number of ether oxygens (including phenoxy) is 1. The van der Waals surface area contributed by atoms with Crippen molar-refractivity contribution in [3.05, 3.63) is 59.1 Å². The van der Waals surface area contributed by atoms with Crippen molar-refractivity contribution in [3.8, 4) is 11.5 Å². The van der Waals surface area contributed by atoms with Gasteiger partial charge in [0.05, 0.1) is 6.04 Å². The molecule has 0 heterocycles. The highest BCUT2D eigenvalue weighted by molar-refractivity contribution is 6.30. The Hall–Kier alpha value is -1.71. The number of hydrogen-bond donors (Lipinski definition) is 2. The van der Waals surface area contributed by atoms with Gasteiger partial charge in [-0.25, -0.2) is 0 Å². The second-order valence-electron chi connectivity index (χ2n) is 3.96. The van der Waals surface area contributed by atoms with E-state index in [-0.39, 0.29) is 11.8 Å². The number of hydrogen-bond acceptors (Lipinski definition) is 3. The molecule has 2 aromatic rings. The highest BCUT2D eigenvalue weighted by Crippen LogP contribution is 2.19. The summed E-state index contributed by atoms with van der Waals surface area (Å²) in [5.74, 6) is 0.957. The van der Waals surface area contributed by atoms with E-state index < -0.39 is 0 Å². The van der Waals surface area contributed by atoms with Gasteiger partial charge in [-0.05, 0) is 42.0 Å². The van der Waals surface area contributed by atoms with E-state index in [1.54, 1.807) is 48.5 Å². The van der Waals surface area contributed by atoms with Crippen molar-refractivity contribution < 1.29 is 9.84 Å². The Kier molecular flexibility index (Phi) is 4.07. The molecule has 1 atom stereocenters. The van der Waals surface area contributed by atoms with Gasteiger partial charge in [-0.1, -0.05) is 23.7 Å². The molecule has 3 N–H and O–H groups in total. The molecule has 1 unspecified atom stereocenters. The van der Waals surface area contributed by atoms with Crippen molar-refractivity contribution in [2.24, 2.45) is 5.73 Å². The second-order valence-corrected chi connectivity index (χ2v) is 4.40. The Labute approximate surface area is 111 Å². The summed E-state index contributed by atoms with van der Waals surface area (Å²) >= 11 is 5.78. The number of rotatable bonds is 4. The molecule has 2 rings (SSSR count). The van der Waals surface area contributed by atoms with Crippen LogP contribution in [0.5, 0.6) is 11.5 Å². The predicted octanol–water partition coefficient (Wildman–Crippen LogP) is 3.12. The highest BCUT2D eigenvalue weighted by atomic mass is 35.5. The average molecular weight is 264 g/mol. The van der Waals surface area contributed by atoms with Crippen LogP contribution in [0, 0.1) is 0 Å². The lowest BCUT2D eigenvalue weighted by atomic mass is 10.1. The van der Waals surface area contributed by atoms with Gasteiger partial charge in [0.2, 0.25) is 0 Å². The van der Waals surface area contributed by atoms with Gasteiger partial charge in [-0.15, -0.1) is 0 Å². The lowest BCUT2D eigenvalue weighted by molar-refractivity contribution is 0.290. The molecule has 94 valence electrons. The van der Waals surface area contributed by atoms with Crippen molar-refractivity contribution >= 4 is 11.6 Å². The second kappa shape index (κ2) is 5.76. The van der Waals surface area contributed by atoms with E-state index in [9.17, 15) is 5.11 Å². The normalized spacial score (nSPS) is 12.1. The Morgan fingerprint density at radius 1 is 1.06 bits per heavy atom. The van der Waals surface area contributed by atoms with E-state index in [0.717, 1.165) is 11.3 Å². The van der Waals surface area contributed by atoms with Crippen molar-refractivity contribution in [3.63, 3.8) is 0 Å². The first kappa shape index (κ1) is 12.7. The van der Waals surface area contributed by atoms with Gasteiger partial charge in [-0.3, -0.25) is 0 Å². The van der Waals surface area contributed by atoms with Crippen molar-refractivity contribution in [1.29, 1.82) is 0 Å². The van der Waals surface area contributed by atoms with Crippen LogP contribution in [0.4, 0.5) is 0 Å². The fraction of sp³-hybridized carbons (Fsp3) is 0.143. The van der Waals surface area contributed by atoms with Crippen LogP contribution < -0.4 is 10.5 Å². The maximum Gasteiger partial charge on any atom is 0.119 e. The summed E-state index contributed by atoms with van der Waals surface area (Å²) in [6.45, 7) is 0.367. The Morgan fingerprint density at radius 2 is 1.67 bits per heavy atom. The number of phenolic OH excluding ortho intramolecular Hbond substituents is 1. The van der Waals surface area contributed by atoms with Crippen LogP contribution in [0.2, 0.25) is 5.02 Å². The minimum atomic E-state index is -0.235. The molecule has 2 aromatic carbocycles. The smallest absolute Gasteiger partial charge is 0.119 e. The van der Waals surface area contributed by atoms with Crippen LogP contribution in [-0.4, -0.2) is 11.7 Å². The lowest BCUT2D eigenvalue weighted by Crippen LogP contribution is -2.18. The van der Waals surface area contributed by atoms with Gasteiger partial charge in [0.15, 0.2) is 0 Å². The average Bonchev–Trinajstić information content (AvgIpc) is 2.38. The van der Waals surface area contributed by atoms with Gasteiger partial charge in [0, 0.05) is 5.02 Å². The number of phenols is 1. The first-order valence-corrected chi connectivity index (χ1v) is 5.96. The van der Waals surface area contributed by atoms with Gasteiger partial charge in [0.25, 0.3) is 0 Å². The van der Waals surface area contributed by atoms with Crippen molar-refractivity contribution in [2.75, 3.05) is 6.61 Å². The third-order valence-electron chi connectivity index (χ3n) is 2.56. The van der Waals surface area contributed by atoms with Crippen LogP contribution in [0.1, 0.15) is 11.6 Å². The third-order valence-corrected chi connectivity index (χ3v) is 2.82. The van der Waals surface area contributed by atoms with Crippen LogP contribution in [0.25, 0.3) is 0 Å². The molecule has 0 aliphatic carbocycles. The summed E-state index contributed by atoms with van der Waals surface area (Å²) < 4.78 is 5.56. The fourth-order valence-electron chi connectivity index (χ4n) is 1.53. The molecule has 0 saturated carbocycles. The molecule has 0 spiro atoms. The SMILES string of the molecule is NC(COc1ccc(Cl)cc1)c1ccc(O)cc1. The zero-order chi connectivity index (χ0) is 13.0. The summed E-state index contributed by atoms with van der Waals surface area (Å²) in [6, 6.07) is 13.7. The molecule has 0 aliphatic heterocycles. The predicted molar refractivity (Wildman–Crippen MR) is 72.0 cm³/mol. The number of halogens is 1. The Bertz CT molecular complexity index is 496. The first-order chi connectivity index (χ1) is 8.65. The van der Waals surface area contributed by atoms with Gasteiger partial charge in [0.1, 0.15) is 18.1 Å². The topological polar surface area (TPSA) is 55.5 Å². The maximum atomic E-state index is 9.19. The van der Waals surface area contributed by atoms with Crippen LogP contribution >= 0.6 is 11.6 Å². The minimum Gasteiger partial charge on any atom is -0.508 e. The Balaban J connectivity index is 1.93. The lowest BCUT2D eigenvalue weighted by Gasteiger charge is -2.13. The first-order valence-electron chi connectivity index (χ1n) is 5.58. The molecule has 18 heavy (non-hydrogen) atoms. The van der Waals surface area contributed by atoms with E-state index in [2.05, 4.69) is 0 Å². The molecule has 0 saturated heterocycles. The van der Waals surface area contributed by atoms with E-state index in [1.807, 2.05) is 0 Å². The number of nitrogens with two attached hydrogens (primary N) is 1. The molecule has 0 amide bonds. The third kappa shape index (κ3) is 3.39. The van der Waals surface area contributed by atoms with Crippen molar-refractivity contribution in [2.45, 2.75) is 6.04 Å². The molecular weight excluding hydrogens is 250 g/mol. The van der Waals surface area contributed by atoms with E-state index >= 15 is 0 Å². The zero-order valence-electron chi connectivity index (χ0n) is 9.71. The maximum absolute atomic E-state index is 9.19. The van der Waals surface area contributed by atoms with Crippen LogP contribution in [-0.2, 0) is 0 Å².